The Morgan fingerprint density at radius 2 is 0.551 bits per heavy atom. The number of unbranched alkanes of at least 4 members (excludes halogenated alkanes) is 24. The number of aliphatic hydroxyl groups excluding tert-OH is 1. The summed E-state index contributed by atoms with van der Waals surface area (Å²) in [6.07, 6.45) is 76.2. The average Bonchev–Trinajstić information content (AvgIpc) is 0.966. The van der Waals surface area contributed by atoms with Gasteiger partial charge < -0.3 is 33.8 Å². The highest BCUT2D eigenvalue weighted by Crippen LogP contribution is 2.45. The molecule has 562 valence electrons. The van der Waals surface area contributed by atoms with Gasteiger partial charge in [-0.2, -0.15) is 0 Å². The second kappa shape index (κ2) is 70.9. The molecule has 0 spiro atoms. The molecular formula is C79H134O17P2. The summed E-state index contributed by atoms with van der Waals surface area (Å²) in [5.41, 5.74) is 0. The zero-order valence-electron chi connectivity index (χ0n) is 61.2. The van der Waals surface area contributed by atoms with Crippen LogP contribution in [0.15, 0.2) is 122 Å². The summed E-state index contributed by atoms with van der Waals surface area (Å²) in [7, 11) is -9.97. The van der Waals surface area contributed by atoms with Crippen molar-refractivity contribution in [2.45, 2.75) is 316 Å². The monoisotopic (exact) mass is 1420 g/mol. The first kappa shape index (κ1) is 93.5. The lowest BCUT2D eigenvalue weighted by Gasteiger charge is -2.21. The third kappa shape index (κ3) is 69.9. The highest BCUT2D eigenvalue weighted by Gasteiger charge is 2.30. The minimum absolute atomic E-state index is 0.0732. The number of hydrogen-bond acceptors (Lipinski definition) is 15. The number of ether oxygens (including phenoxy) is 4. The van der Waals surface area contributed by atoms with Gasteiger partial charge in [-0.3, -0.25) is 37.3 Å². The Kier molecular flexibility index (Phi) is 67.6. The molecule has 0 aliphatic rings. The minimum atomic E-state index is -4.99. The molecule has 0 bridgehead atoms. The fraction of sp³-hybridized carbons (Fsp3) is 0.696. The predicted molar refractivity (Wildman–Crippen MR) is 399 cm³/mol. The van der Waals surface area contributed by atoms with Crippen molar-refractivity contribution >= 4 is 39.5 Å². The first-order valence-corrected chi connectivity index (χ1v) is 40.8. The number of allylic oxidation sites excluding steroid dienone is 20. The third-order valence-corrected chi connectivity index (χ3v) is 17.2. The van der Waals surface area contributed by atoms with E-state index in [0.717, 1.165) is 193 Å². The Hall–Kier alpha value is -4.54. The molecule has 0 saturated carbocycles. The Bertz CT molecular complexity index is 2340. The third-order valence-electron chi connectivity index (χ3n) is 15.3. The van der Waals surface area contributed by atoms with Crippen molar-refractivity contribution in [2.24, 2.45) is 0 Å². The molecule has 19 heteroatoms. The molecule has 0 fully saturated rings. The molecule has 0 aromatic heterocycles. The van der Waals surface area contributed by atoms with Crippen molar-refractivity contribution in [3.8, 4) is 0 Å². The van der Waals surface area contributed by atoms with Gasteiger partial charge in [0.2, 0.25) is 0 Å². The standard InChI is InChI=1S/C79H134O17P2/c1-5-9-13-17-21-25-29-33-34-35-36-37-38-42-44-48-52-56-60-64-77(82)90-70-75(96-79(84)66-62-58-54-50-46-41-32-28-24-20-16-12-8-4)72-94-98(87,88)92-68-73(80)67-91-97(85,86)93-71-74(95-78(83)65-61-57-53-49-45-40-31-27-23-19-15-11-7-3)69-89-76(81)63-59-55-51-47-43-39-30-26-22-18-14-10-6-2/h9,13-15,18-19,21,25-28,30-34,36-37,42,44,73-75,80H,5-8,10-12,16-17,20,22-24,29,35,38-41,43,45-72H2,1-4H3,(H,85,86)(H,87,88)/b13-9-,18-14-,19-15-,25-21-,30-26-,31-27-,32-28-,34-33-,37-36-,44-42-. The van der Waals surface area contributed by atoms with Gasteiger partial charge in [0.15, 0.2) is 12.2 Å². The molecule has 98 heavy (non-hydrogen) atoms. The molecule has 0 aliphatic heterocycles. The van der Waals surface area contributed by atoms with Crippen LogP contribution in [0.2, 0.25) is 0 Å². The first-order valence-electron chi connectivity index (χ1n) is 37.8. The largest absolute Gasteiger partial charge is 0.472 e. The van der Waals surface area contributed by atoms with Crippen molar-refractivity contribution < 1.29 is 80.2 Å². The van der Waals surface area contributed by atoms with E-state index in [-0.39, 0.29) is 25.7 Å². The lowest BCUT2D eigenvalue weighted by Crippen LogP contribution is -2.30. The molecule has 0 aromatic carbocycles. The molecule has 0 radical (unpaired) electrons. The molecular weight excluding hydrogens is 1280 g/mol. The first-order chi connectivity index (χ1) is 47.7. The SMILES string of the molecule is CC/C=C\C/C=C\C/C=C\C/C=C\C/C=C\CCCCCC(=O)OCC(COP(=O)(O)OCC(O)COP(=O)(O)OCC(COC(=O)CCCCCCC/C=C\C/C=C\CCC)OC(=O)CCCCCCC/C=C\C/C=C\CCC)OC(=O)CCCCCCC/C=C\CCCCCC. The van der Waals surface area contributed by atoms with Crippen LogP contribution in [-0.4, -0.2) is 96.7 Å². The van der Waals surface area contributed by atoms with Crippen molar-refractivity contribution in [2.75, 3.05) is 39.6 Å². The number of phosphoric ester groups is 2. The summed E-state index contributed by atoms with van der Waals surface area (Å²) in [6.45, 7) is 4.53. The van der Waals surface area contributed by atoms with Crippen molar-refractivity contribution in [3.05, 3.63) is 122 Å². The predicted octanol–water partition coefficient (Wildman–Crippen LogP) is 21.6. The average molecular weight is 1420 g/mol. The molecule has 0 aromatic rings. The van der Waals surface area contributed by atoms with E-state index in [4.69, 9.17) is 37.0 Å². The maximum atomic E-state index is 13.1. The van der Waals surface area contributed by atoms with Crippen molar-refractivity contribution in [1.29, 1.82) is 0 Å². The van der Waals surface area contributed by atoms with Gasteiger partial charge in [-0.1, -0.05) is 246 Å². The topological polar surface area (TPSA) is 237 Å². The maximum Gasteiger partial charge on any atom is 0.472 e. The van der Waals surface area contributed by atoms with Crippen molar-refractivity contribution in [3.63, 3.8) is 0 Å². The smallest absolute Gasteiger partial charge is 0.462 e. The normalized spacial score (nSPS) is 14.6. The molecule has 3 N–H and O–H groups in total. The van der Waals surface area contributed by atoms with Gasteiger partial charge >= 0.3 is 39.5 Å². The summed E-state index contributed by atoms with van der Waals surface area (Å²) in [4.78, 5) is 72.8. The van der Waals surface area contributed by atoms with E-state index in [1.165, 1.54) is 25.7 Å². The Morgan fingerprint density at radius 1 is 0.296 bits per heavy atom. The van der Waals surface area contributed by atoms with Crippen molar-refractivity contribution in [1.82, 2.24) is 0 Å². The summed E-state index contributed by atoms with van der Waals surface area (Å²) >= 11 is 0. The summed E-state index contributed by atoms with van der Waals surface area (Å²) in [5, 5.41) is 10.6. The van der Waals surface area contributed by atoms with Crippen LogP contribution in [0.1, 0.15) is 297 Å². The van der Waals surface area contributed by atoms with Crippen LogP contribution in [0, 0.1) is 0 Å². The van der Waals surface area contributed by atoms with Gasteiger partial charge in [0, 0.05) is 25.7 Å². The molecule has 0 rings (SSSR count). The van der Waals surface area contributed by atoms with Crippen LogP contribution in [0.25, 0.3) is 0 Å². The van der Waals surface area contributed by atoms with Crippen LogP contribution in [0.4, 0.5) is 0 Å². The van der Waals surface area contributed by atoms with Gasteiger partial charge in [-0.05, 0) is 148 Å². The van der Waals surface area contributed by atoms with Crippen LogP contribution in [-0.2, 0) is 65.4 Å². The Labute approximate surface area is 593 Å². The van der Waals surface area contributed by atoms with E-state index in [9.17, 15) is 43.2 Å². The number of carbonyl (C=O) groups excluding carboxylic acids is 4. The molecule has 5 unspecified atom stereocenters. The molecule has 17 nitrogen and oxygen atoms in total. The zero-order chi connectivity index (χ0) is 71.8. The number of rotatable bonds is 70. The molecule has 0 amide bonds. The molecule has 0 saturated heterocycles. The molecule has 0 heterocycles. The second-order valence-electron chi connectivity index (χ2n) is 24.8. The second-order valence-corrected chi connectivity index (χ2v) is 27.8. The van der Waals surface area contributed by atoms with Gasteiger partial charge in [0.05, 0.1) is 26.4 Å². The van der Waals surface area contributed by atoms with Gasteiger partial charge in [-0.25, -0.2) is 9.13 Å². The van der Waals surface area contributed by atoms with Crippen LogP contribution >= 0.6 is 15.6 Å². The van der Waals surface area contributed by atoms with E-state index in [2.05, 4.69) is 149 Å². The van der Waals surface area contributed by atoms with E-state index in [1.807, 2.05) is 0 Å². The number of esters is 4. The lowest BCUT2D eigenvalue weighted by atomic mass is 10.1. The van der Waals surface area contributed by atoms with Gasteiger partial charge in [0.1, 0.15) is 19.3 Å². The highest BCUT2D eigenvalue weighted by atomic mass is 31.2. The Morgan fingerprint density at radius 3 is 0.878 bits per heavy atom. The summed E-state index contributed by atoms with van der Waals surface area (Å²) < 4.78 is 68.4. The summed E-state index contributed by atoms with van der Waals surface area (Å²) in [6, 6.07) is 0. The fourth-order valence-corrected chi connectivity index (χ4v) is 11.2. The fourth-order valence-electron chi connectivity index (χ4n) is 9.61. The van der Waals surface area contributed by atoms with Gasteiger partial charge in [-0.15, -0.1) is 0 Å². The Balaban J connectivity index is 5.38. The number of aliphatic hydroxyl groups is 1. The molecule has 0 aliphatic carbocycles. The maximum absolute atomic E-state index is 13.1. The van der Waals surface area contributed by atoms with E-state index < -0.39 is 97.5 Å². The van der Waals surface area contributed by atoms with Gasteiger partial charge in [0.25, 0.3) is 0 Å². The number of phosphoric acid groups is 2. The number of hydrogen-bond donors (Lipinski definition) is 3. The van der Waals surface area contributed by atoms with E-state index in [1.54, 1.807) is 0 Å². The zero-order valence-corrected chi connectivity index (χ0v) is 63.0. The highest BCUT2D eigenvalue weighted by molar-refractivity contribution is 7.47. The quantitative estimate of drug-likeness (QED) is 0.0169. The van der Waals surface area contributed by atoms with E-state index >= 15 is 0 Å². The summed E-state index contributed by atoms with van der Waals surface area (Å²) in [5.74, 6) is -2.25. The van der Waals surface area contributed by atoms with Crippen LogP contribution < -0.4 is 0 Å². The number of carbonyl (C=O) groups is 4. The van der Waals surface area contributed by atoms with Crippen LogP contribution in [0.3, 0.4) is 0 Å². The lowest BCUT2D eigenvalue weighted by molar-refractivity contribution is -0.161. The minimum Gasteiger partial charge on any atom is -0.462 e. The van der Waals surface area contributed by atoms with E-state index in [0.29, 0.717) is 25.7 Å². The molecule has 5 atom stereocenters. The van der Waals surface area contributed by atoms with Crippen LogP contribution in [0.5, 0.6) is 0 Å².